The van der Waals surface area contributed by atoms with E-state index >= 15 is 0 Å². The molecule has 4 heteroatoms. The zero-order chi connectivity index (χ0) is 17.1. The van der Waals surface area contributed by atoms with Crippen molar-refractivity contribution >= 4 is 17.2 Å². The molecule has 3 rings (SSSR count). The third kappa shape index (κ3) is 3.15. The van der Waals surface area contributed by atoms with Crippen LogP contribution in [-0.2, 0) is 6.42 Å². The van der Waals surface area contributed by atoms with Gasteiger partial charge < -0.3 is 10.0 Å². The van der Waals surface area contributed by atoms with Gasteiger partial charge in [-0.25, -0.2) is 4.99 Å². The van der Waals surface area contributed by atoms with Crippen molar-refractivity contribution in [3.8, 4) is 5.75 Å². The highest BCUT2D eigenvalue weighted by atomic mass is 32.1. The van der Waals surface area contributed by atoms with Crippen LogP contribution in [0.5, 0.6) is 5.75 Å². The number of aliphatic imine (C=N–C) groups is 1. The second-order valence-corrected chi connectivity index (χ2v) is 6.83. The average molecular weight is 338 g/mol. The van der Waals surface area contributed by atoms with Crippen LogP contribution in [0.1, 0.15) is 30.7 Å². The van der Waals surface area contributed by atoms with Crippen LogP contribution < -0.4 is 0 Å². The molecule has 1 N–H and O–H groups in total. The fourth-order valence-electron chi connectivity index (χ4n) is 3.03. The molecule has 0 radical (unpaired) electrons. The first-order valence-electron chi connectivity index (χ1n) is 8.17. The lowest BCUT2D eigenvalue weighted by atomic mass is 10.0. The first-order chi connectivity index (χ1) is 11.6. The molecule has 0 saturated heterocycles. The quantitative estimate of drug-likeness (QED) is 0.837. The van der Waals surface area contributed by atoms with Gasteiger partial charge in [-0.05, 0) is 48.9 Å². The number of rotatable bonds is 5. The first-order valence-corrected chi connectivity index (χ1v) is 9.05. The standard InChI is InChI=1S/C20H22N2OS/c1-4-17-14(2)21-20(18-9-5-6-10-19(18)23)22(15(17)3)12-11-16-8-7-13-24-16/h5-10,13,23H,3-4,11-12H2,1-2H3. The summed E-state index contributed by atoms with van der Waals surface area (Å²) < 4.78 is 0. The van der Waals surface area contributed by atoms with Crippen molar-refractivity contribution in [1.29, 1.82) is 0 Å². The van der Waals surface area contributed by atoms with E-state index in [2.05, 4.69) is 35.9 Å². The van der Waals surface area contributed by atoms with E-state index in [0.717, 1.165) is 42.2 Å². The van der Waals surface area contributed by atoms with Gasteiger partial charge in [-0.1, -0.05) is 31.7 Å². The molecule has 0 aliphatic carbocycles. The van der Waals surface area contributed by atoms with E-state index in [-0.39, 0.29) is 5.75 Å². The molecule has 1 aliphatic rings. The largest absolute Gasteiger partial charge is 0.507 e. The molecule has 2 aromatic rings. The van der Waals surface area contributed by atoms with Crippen molar-refractivity contribution in [2.24, 2.45) is 4.99 Å². The number of aromatic hydroxyl groups is 1. The Balaban J connectivity index is 1.98. The van der Waals surface area contributed by atoms with Crippen molar-refractivity contribution in [1.82, 2.24) is 4.90 Å². The van der Waals surface area contributed by atoms with Gasteiger partial charge in [0.05, 0.1) is 5.56 Å². The smallest absolute Gasteiger partial charge is 0.144 e. The Morgan fingerprint density at radius 2 is 2.00 bits per heavy atom. The number of para-hydroxylation sites is 1. The fraction of sp³-hybridized carbons (Fsp3) is 0.250. The second kappa shape index (κ2) is 7.05. The Bertz CT molecular complexity index is 803. The average Bonchev–Trinajstić information content (AvgIpc) is 3.08. The maximum atomic E-state index is 10.3. The van der Waals surface area contributed by atoms with Crippen LogP contribution in [0, 0.1) is 0 Å². The molecule has 3 nitrogen and oxygen atoms in total. The molecular formula is C20H22N2OS. The Morgan fingerprint density at radius 1 is 1.21 bits per heavy atom. The Morgan fingerprint density at radius 3 is 2.67 bits per heavy atom. The number of allylic oxidation sites excluding steroid dienone is 2. The predicted molar refractivity (Wildman–Crippen MR) is 102 cm³/mol. The van der Waals surface area contributed by atoms with E-state index < -0.39 is 0 Å². The van der Waals surface area contributed by atoms with Gasteiger partial charge in [-0.2, -0.15) is 0 Å². The highest BCUT2D eigenvalue weighted by Gasteiger charge is 2.25. The number of nitrogens with zero attached hydrogens (tertiary/aromatic N) is 2. The van der Waals surface area contributed by atoms with Gasteiger partial charge in [0.25, 0.3) is 0 Å². The molecule has 0 atom stereocenters. The monoisotopic (exact) mass is 338 g/mol. The van der Waals surface area contributed by atoms with E-state index in [0.29, 0.717) is 0 Å². The zero-order valence-electron chi connectivity index (χ0n) is 14.1. The second-order valence-electron chi connectivity index (χ2n) is 5.80. The van der Waals surface area contributed by atoms with Crippen LogP contribution in [0.4, 0.5) is 0 Å². The van der Waals surface area contributed by atoms with Crippen molar-refractivity contribution in [3.63, 3.8) is 0 Å². The van der Waals surface area contributed by atoms with Gasteiger partial charge in [-0.15, -0.1) is 11.3 Å². The summed E-state index contributed by atoms with van der Waals surface area (Å²) in [6.07, 6.45) is 1.83. The van der Waals surface area contributed by atoms with Gasteiger partial charge >= 0.3 is 0 Å². The van der Waals surface area contributed by atoms with Crippen molar-refractivity contribution < 1.29 is 5.11 Å². The number of hydrogen-bond acceptors (Lipinski definition) is 4. The molecule has 0 saturated carbocycles. The van der Waals surface area contributed by atoms with E-state index in [1.54, 1.807) is 17.4 Å². The molecule has 0 fully saturated rings. The maximum Gasteiger partial charge on any atom is 0.144 e. The van der Waals surface area contributed by atoms with E-state index in [9.17, 15) is 5.11 Å². The summed E-state index contributed by atoms with van der Waals surface area (Å²) in [6, 6.07) is 11.6. The topological polar surface area (TPSA) is 35.8 Å². The third-order valence-corrected chi connectivity index (χ3v) is 5.24. The number of thiophene rings is 1. The summed E-state index contributed by atoms with van der Waals surface area (Å²) >= 11 is 1.76. The molecule has 1 aliphatic heterocycles. The van der Waals surface area contributed by atoms with E-state index in [4.69, 9.17) is 4.99 Å². The Labute approximate surface area is 147 Å². The lowest BCUT2D eigenvalue weighted by Gasteiger charge is -2.33. The molecule has 0 spiro atoms. The van der Waals surface area contributed by atoms with Crippen LogP contribution in [0.3, 0.4) is 0 Å². The molecule has 2 heterocycles. The molecule has 1 aromatic heterocycles. The van der Waals surface area contributed by atoms with Gasteiger partial charge in [0, 0.05) is 22.8 Å². The number of benzene rings is 1. The van der Waals surface area contributed by atoms with Gasteiger partial charge in [0.2, 0.25) is 0 Å². The lowest BCUT2D eigenvalue weighted by molar-refractivity contribution is 0.467. The summed E-state index contributed by atoms with van der Waals surface area (Å²) in [6.45, 7) is 9.25. The van der Waals surface area contributed by atoms with Crippen molar-refractivity contribution in [3.05, 3.63) is 75.8 Å². The molecule has 1 aromatic carbocycles. The summed E-state index contributed by atoms with van der Waals surface area (Å²) in [5.41, 5.74) is 3.90. The number of phenols is 1. The summed E-state index contributed by atoms with van der Waals surface area (Å²) in [5, 5.41) is 12.4. The molecule has 0 bridgehead atoms. The zero-order valence-corrected chi connectivity index (χ0v) is 14.9. The fourth-order valence-corrected chi connectivity index (χ4v) is 3.73. The highest BCUT2D eigenvalue weighted by Crippen LogP contribution is 2.31. The van der Waals surface area contributed by atoms with Crippen LogP contribution in [0.25, 0.3) is 0 Å². The van der Waals surface area contributed by atoms with Gasteiger partial charge in [0.1, 0.15) is 11.6 Å². The highest BCUT2D eigenvalue weighted by molar-refractivity contribution is 7.09. The van der Waals surface area contributed by atoms with Crippen LogP contribution in [0.15, 0.2) is 70.3 Å². The maximum absolute atomic E-state index is 10.3. The minimum atomic E-state index is 0.248. The summed E-state index contributed by atoms with van der Waals surface area (Å²) in [5.74, 6) is 1.03. The van der Waals surface area contributed by atoms with Gasteiger partial charge in [-0.3, -0.25) is 0 Å². The molecule has 24 heavy (non-hydrogen) atoms. The molecule has 124 valence electrons. The van der Waals surface area contributed by atoms with Crippen molar-refractivity contribution in [2.75, 3.05) is 6.54 Å². The first kappa shape index (κ1) is 16.5. The minimum Gasteiger partial charge on any atom is -0.507 e. The van der Waals surface area contributed by atoms with Crippen molar-refractivity contribution in [2.45, 2.75) is 26.7 Å². The summed E-state index contributed by atoms with van der Waals surface area (Å²) in [7, 11) is 0. The minimum absolute atomic E-state index is 0.248. The van der Waals surface area contributed by atoms with Gasteiger partial charge in [0.15, 0.2) is 0 Å². The lowest BCUT2D eigenvalue weighted by Crippen LogP contribution is -2.35. The van der Waals surface area contributed by atoms with E-state index in [1.165, 1.54) is 10.5 Å². The van der Waals surface area contributed by atoms with Crippen LogP contribution >= 0.6 is 11.3 Å². The molecule has 0 unspecified atom stereocenters. The third-order valence-electron chi connectivity index (χ3n) is 4.30. The Hall–Kier alpha value is -2.33. The SMILES string of the molecule is C=C1C(CC)=C(C)N=C(c2ccccc2O)N1CCc1cccs1. The van der Waals surface area contributed by atoms with Crippen LogP contribution in [0.2, 0.25) is 0 Å². The number of phenolic OH excluding ortho intramolecular Hbond substituents is 1. The number of hydrogen-bond donors (Lipinski definition) is 1. The molecular weight excluding hydrogens is 316 g/mol. The Kier molecular flexibility index (Phi) is 4.86. The predicted octanol–water partition coefficient (Wildman–Crippen LogP) is 4.96. The van der Waals surface area contributed by atoms with Crippen LogP contribution in [-0.4, -0.2) is 22.4 Å². The molecule has 0 amide bonds. The summed E-state index contributed by atoms with van der Waals surface area (Å²) in [4.78, 5) is 8.28. The van der Waals surface area contributed by atoms with E-state index in [1.807, 2.05) is 25.1 Å². The number of amidine groups is 1. The normalized spacial score (nSPS) is 15.0.